The molecule has 0 saturated heterocycles. The molecule has 0 bridgehead atoms. The standard InChI is InChI=1S/C20H17FN2O5S/c1-23-16-6-4-12(21)8-13(16)19(24)18(20(23)25)15-10-29(26,27)17-7-11(9-28-2)3-5-14(17)22-15/h3-8,10,22,24H,9H2,1-2H3. The average Bonchev–Trinajstić information content (AvgIpc) is 2.67. The van der Waals surface area contributed by atoms with E-state index < -0.39 is 27.0 Å². The van der Waals surface area contributed by atoms with Crippen molar-refractivity contribution in [2.75, 3.05) is 12.4 Å². The second kappa shape index (κ2) is 6.71. The molecule has 0 fully saturated rings. The Morgan fingerprint density at radius 3 is 2.69 bits per heavy atom. The lowest BCUT2D eigenvalue weighted by molar-refractivity contribution is 0.184. The number of fused-ring (bicyclic) bond motifs is 2. The summed E-state index contributed by atoms with van der Waals surface area (Å²) >= 11 is 0. The Hall–Kier alpha value is -3.17. The molecule has 2 aromatic carbocycles. The molecule has 1 aliphatic rings. The van der Waals surface area contributed by atoms with Gasteiger partial charge in [-0.1, -0.05) is 6.07 Å². The number of hydrogen-bond donors (Lipinski definition) is 2. The van der Waals surface area contributed by atoms with E-state index in [0.717, 1.165) is 11.5 Å². The number of sulfone groups is 1. The van der Waals surface area contributed by atoms with E-state index in [4.69, 9.17) is 4.74 Å². The van der Waals surface area contributed by atoms with Gasteiger partial charge < -0.3 is 19.7 Å². The number of anilines is 1. The van der Waals surface area contributed by atoms with Crippen LogP contribution < -0.4 is 10.9 Å². The highest BCUT2D eigenvalue weighted by atomic mass is 32.2. The smallest absolute Gasteiger partial charge is 0.263 e. The van der Waals surface area contributed by atoms with Crippen molar-refractivity contribution in [1.29, 1.82) is 0 Å². The molecular weight excluding hydrogens is 399 g/mol. The van der Waals surface area contributed by atoms with Crippen molar-refractivity contribution in [3.8, 4) is 5.75 Å². The summed E-state index contributed by atoms with van der Waals surface area (Å²) in [5, 5.41) is 14.6. The van der Waals surface area contributed by atoms with Gasteiger partial charge in [0.2, 0.25) is 9.84 Å². The predicted molar refractivity (Wildman–Crippen MR) is 107 cm³/mol. The van der Waals surface area contributed by atoms with Crippen LogP contribution in [-0.4, -0.2) is 25.2 Å². The molecule has 0 spiro atoms. The number of pyridine rings is 1. The van der Waals surface area contributed by atoms with Gasteiger partial charge in [-0.3, -0.25) is 4.79 Å². The summed E-state index contributed by atoms with van der Waals surface area (Å²) < 4.78 is 45.6. The fraction of sp³-hybridized carbons (Fsp3) is 0.150. The minimum Gasteiger partial charge on any atom is -0.506 e. The third-order valence-corrected chi connectivity index (χ3v) is 6.30. The maximum atomic E-state index is 13.7. The van der Waals surface area contributed by atoms with E-state index in [9.17, 15) is 22.7 Å². The molecule has 1 aromatic heterocycles. The Balaban J connectivity index is 1.95. The number of methoxy groups -OCH3 is 1. The zero-order chi connectivity index (χ0) is 20.9. The quantitative estimate of drug-likeness (QED) is 0.681. The van der Waals surface area contributed by atoms with Gasteiger partial charge in [0.15, 0.2) is 0 Å². The largest absolute Gasteiger partial charge is 0.506 e. The molecule has 150 valence electrons. The molecule has 7 nitrogen and oxygen atoms in total. The van der Waals surface area contributed by atoms with Crippen LogP contribution in [0.25, 0.3) is 16.6 Å². The topological polar surface area (TPSA) is 97.6 Å². The van der Waals surface area contributed by atoms with Crippen molar-refractivity contribution in [3.63, 3.8) is 0 Å². The van der Waals surface area contributed by atoms with Crippen LogP contribution in [0.3, 0.4) is 0 Å². The second-order valence-electron chi connectivity index (χ2n) is 6.71. The van der Waals surface area contributed by atoms with Gasteiger partial charge in [0.1, 0.15) is 17.1 Å². The van der Waals surface area contributed by atoms with Crippen LogP contribution in [-0.2, 0) is 28.2 Å². The molecule has 29 heavy (non-hydrogen) atoms. The van der Waals surface area contributed by atoms with Crippen LogP contribution in [0, 0.1) is 5.82 Å². The van der Waals surface area contributed by atoms with Crippen molar-refractivity contribution < 1.29 is 22.7 Å². The van der Waals surface area contributed by atoms with Crippen LogP contribution in [0.5, 0.6) is 5.75 Å². The third-order valence-electron chi connectivity index (χ3n) is 4.81. The number of aromatic hydroxyl groups is 1. The zero-order valence-electron chi connectivity index (χ0n) is 15.6. The fourth-order valence-electron chi connectivity index (χ4n) is 3.42. The number of aromatic nitrogens is 1. The SMILES string of the molecule is COCc1ccc2c(c1)S(=O)(=O)C=C(c1c(O)c3cc(F)ccc3n(C)c1=O)N2. The normalized spacial score (nSPS) is 14.9. The highest BCUT2D eigenvalue weighted by Gasteiger charge is 2.28. The minimum absolute atomic E-state index is 0.0407. The number of ether oxygens (including phenoxy) is 1. The van der Waals surface area contributed by atoms with Gasteiger partial charge in [-0.05, 0) is 35.9 Å². The van der Waals surface area contributed by atoms with Crippen molar-refractivity contribution in [1.82, 2.24) is 4.57 Å². The molecular formula is C20H17FN2O5S. The minimum atomic E-state index is -3.90. The number of halogens is 1. The van der Waals surface area contributed by atoms with Crippen molar-refractivity contribution in [2.45, 2.75) is 11.5 Å². The fourth-order valence-corrected chi connectivity index (χ4v) is 4.78. The van der Waals surface area contributed by atoms with E-state index >= 15 is 0 Å². The molecule has 0 amide bonds. The number of benzene rings is 2. The van der Waals surface area contributed by atoms with Crippen LogP contribution >= 0.6 is 0 Å². The Morgan fingerprint density at radius 2 is 1.97 bits per heavy atom. The third kappa shape index (κ3) is 3.08. The summed E-state index contributed by atoms with van der Waals surface area (Å²) in [6.07, 6.45) is 0. The van der Waals surface area contributed by atoms with Crippen LogP contribution in [0.15, 0.2) is 51.5 Å². The first kappa shape index (κ1) is 19.2. The summed E-state index contributed by atoms with van der Waals surface area (Å²) in [5.41, 5.74) is 0.315. The first-order valence-corrected chi connectivity index (χ1v) is 10.1. The average molecular weight is 416 g/mol. The summed E-state index contributed by atoms with van der Waals surface area (Å²) in [5.74, 6) is -1.08. The Kier molecular flexibility index (Phi) is 4.44. The lowest BCUT2D eigenvalue weighted by Crippen LogP contribution is -2.25. The number of nitrogens with zero attached hydrogens (tertiary/aromatic N) is 1. The molecule has 9 heteroatoms. The van der Waals surface area contributed by atoms with Crippen LogP contribution in [0.1, 0.15) is 11.1 Å². The molecule has 2 N–H and O–H groups in total. The highest BCUT2D eigenvalue weighted by Crippen LogP contribution is 2.37. The van der Waals surface area contributed by atoms with Crippen molar-refractivity contribution >= 4 is 32.1 Å². The van der Waals surface area contributed by atoms with E-state index in [1.165, 1.54) is 36.9 Å². The molecule has 2 heterocycles. The maximum Gasteiger partial charge on any atom is 0.263 e. The van der Waals surface area contributed by atoms with Crippen LogP contribution in [0.4, 0.5) is 10.1 Å². The molecule has 4 rings (SSSR count). The van der Waals surface area contributed by atoms with Crippen LogP contribution in [0.2, 0.25) is 0 Å². The van der Waals surface area contributed by atoms with E-state index in [0.29, 0.717) is 11.1 Å². The van der Waals surface area contributed by atoms with Gasteiger partial charge in [0, 0.05) is 19.5 Å². The number of nitrogens with one attached hydrogen (secondary N) is 1. The van der Waals surface area contributed by atoms with Gasteiger partial charge in [-0.2, -0.15) is 0 Å². The van der Waals surface area contributed by atoms with Crippen molar-refractivity contribution in [2.24, 2.45) is 7.05 Å². The first-order chi connectivity index (χ1) is 13.7. The number of hydrogen-bond acceptors (Lipinski definition) is 6. The molecule has 0 saturated carbocycles. The Bertz CT molecular complexity index is 1360. The Labute approximate surface area is 165 Å². The number of rotatable bonds is 3. The summed E-state index contributed by atoms with van der Waals surface area (Å²) in [6, 6.07) is 8.40. The number of aryl methyl sites for hydroxylation is 1. The molecule has 0 atom stereocenters. The molecule has 0 unspecified atom stereocenters. The highest BCUT2D eigenvalue weighted by molar-refractivity contribution is 7.94. The second-order valence-corrected chi connectivity index (χ2v) is 8.48. The monoisotopic (exact) mass is 416 g/mol. The first-order valence-electron chi connectivity index (χ1n) is 8.60. The molecule has 3 aromatic rings. The Morgan fingerprint density at radius 1 is 1.21 bits per heavy atom. The van der Waals surface area contributed by atoms with Gasteiger partial charge in [-0.15, -0.1) is 0 Å². The lowest BCUT2D eigenvalue weighted by atomic mass is 10.1. The summed E-state index contributed by atoms with van der Waals surface area (Å²) in [4.78, 5) is 12.9. The van der Waals surface area contributed by atoms with Gasteiger partial charge in [0.05, 0.1) is 33.8 Å². The van der Waals surface area contributed by atoms with E-state index in [-0.39, 0.29) is 33.8 Å². The lowest BCUT2D eigenvalue weighted by Gasteiger charge is -2.21. The van der Waals surface area contributed by atoms with E-state index in [1.807, 2.05) is 0 Å². The van der Waals surface area contributed by atoms with E-state index in [1.54, 1.807) is 12.1 Å². The summed E-state index contributed by atoms with van der Waals surface area (Å²) in [7, 11) is -0.930. The van der Waals surface area contributed by atoms with Gasteiger partial charge >= 0.3 is 0 Å². The van der Waals surface area contributed by atoms with Gasteiger partial charge in [-0.25, -0.2) is 12.8 Å². The predicted octanol–water partition coefficient (Wildman–Crippen LogP) is 2.73. The zero-order valence-corrected chi connectivity index (χ0v) is 16.4. The van der Waals surface area contributed by atoms with E-state index in [2.05, 4.69) is 5.32 Å². The van der Waals surface area contributed by atoms with Crippen molar-refractivity contribution in [3.05, 3.63) is 69.1 Å². The molecule has 1 aliphatic heterocycles. The summed E-state index contributed by atoms with van der Waals surface area (Å²) in [6.45, 7) is 0.247. The maximum absolute atomic E-state index is 13.7. The van der Waals surface area contributed by atoms with Gasteiger partial charge in [0.25, 0.3) is 5.56 Å². The molecule has 0 radical (unpaired) electrons. The molecule has 0 aliphatic carbocycles.